The summed E-state index contributed by atoms with van der Waals surface area (Å²) < 4.78 is 1.23. The molecule has 0 unspecified atom stereocenters. The smallest absolute Gasteiger partial charge is 0.141 e. The van der Waals surface area contributed by atoms with Crippen molar-refractivity contribution in [1.82, 2.24) is 9.88 Å². The Morgan fingerprint density at radius 2 is 1.97 bits per heavy atom. The first-order valence-electron chi connectivity index (χ1n) is 10.4. The predicted molar refractivity (Wildman–Crippen MR) is 126 cm³/mol. The number of rotatable bonds is 4. The van der Waals surface area contributed by atoms with Crippen LogP contribution in [0.25, 0.3) is 20.8 Å². The maximum Gasteiger partial charge on any atom is 0.141 e. The number of halogens is 1. The minimum atomic E-state index is 0. The van der Waals surface area contributed by atoms with Crippen molar-refractivity contribution in [2.45, 2.75) is 51.5 Å². The van der Waals surface area contributed by atoms with E-state index in [4.69, 9.17) is 4.98 Å². The fraction of sp³-hybridized carbons (Fsp3) is 0.478. The number of likely N-dealkylation sites (N-methyl/N-ethyl adjacent to an activating group) is 1. The van der Waals surface area contributed by atoms with Gasteiger partial charge in [0.05, 0.1) is 10.2 Å². The molecular weight excluding hydrogens is 420 g/mol. The Morgan fingerprint density at radius 1 is 1.17 bits per heavy atom. The molecule has 3 aromatic rings. The second-order valence-corrected chi connectivity index (χ2v) is 10.5. The van der Waals surface area contributed by atoms with E-state index >= 15 is 0 Å². The van der Waals surface area contributed by atoms with Gasteiger partial charge in [0.1, 0.15) is 10.8 Å². The van der Waals surface area contributed by atoms with E-state index in [1.807, 2.05) is 11.3 Å². The summed E-state index contributed by atoms with van der Waals surface area (Å²) in [4.78, 5) is 23.1. The lowest BCUT2D eigenvalue weighted by molar-refractivity contribution is -0.123. The Labute approximate surface area is 186 Å². The van der Waals surface area contributed by atoms with Gasteiger partial charge in [-0.05, 0) is 44.0 Å². The third-order valence-corrected chi connectivity index (χ3v) is 8.49. The topological polar surface area (TPSA) is 33.2 Å². The van der Waals surface area contributed by atoms with Crippen LogP contribution in [-0.4, -0.2) is 29.3 Å². The summed E-state index contributed by atoms with van der Waals surface area (Å²) in [6, 6.07) is 8.37. The van der Waals surface area contributed by atoms with E-state index in [0.717, 1.165) is 42.9 Å². The Bertz CT molecular complexity index is 986. The van der Waals surface area contributed by atoms with E-state index < -0.39 is 0 Å². The van der Waals surface area contributed by atoms with E-state index in [2.05, 4.69) is 36.2 Å². The van der Waals surface area contributed by atoms with Crippen LogP contribution in [0.2, 0.25) is 0 Å². The highest BCUT2D eigenvalue weighted by atomic mass is 35.5. The number of hydrogen-bond acceptors (Lipinski definition) is 5. The zero-order valence-electron chi connectivity index (χ0n) is 16.8. The number of thiazole rings is 1. The molecule has 2 aliphatic rings. The molecule has 5 rings (SSSR count). The Kier molecular flexibility index (Phi) is 6.40. The van der Waals surface area contributed by atoms with Crippen LogP contribution in [0.5, 0.6) is 0 Å². The lowest BCUT2D eigenvalue weighted by Crippen LogP contribution is -2.25. The van der Waals surface area contributed by atoms with Crippen LogP contribution >= 0.6 is 35.1 Å². The van der Waals surface area contributed by atoms with Gasteiger partial charge in [0.2, 0.25) is 0 Å². The SMILES string of the molecule is CN1CCc2c(sc(CC(=O)C3CCCCC3)c2-c2nc3ccccc3s2)C1.Cl. The first-order chi connectivity index (χ1) is 13.7. The van der Waals surface area contributed by atoms with Crippen LogP contribution in [0.4, 0.5) is 0 Å². The number of carbonyl (C=O) groups excluding carboxylic acids is 1. The number of carbonyl (C=O) groups is 1. The molecule has 1 aromatic carbocycles. The molecule has 3 heterocycles. The van der Waals surface area contributed by atoms with Crippen molar-refractivity contribution in [3.8, 4) is 10.6 Å². The fourth-order valence-electron chi connectivity index (χ4n) is 4.67. The molecule has 6 heteroatoms. The van der Waals surface area contributed by atoms with Crippen LogP contribution in [0.1, 0.15) is 47.4 Å². The molecule has 0 radical (unpaired) electrons. The van der Waals surface area contributed by atoms with Gasteiger partial charge in [-0.15, -0.1) is 35.1 Å². The first-order valence-corrected chi connectivity index (χ1v) is 12.0. The fourth-order valence-corrected chi connectivity index (χ4v) is 7.24. The van der Waals surface area contributed by atoms with E-state index in [0.29, 0.717) is 12.2 Å². The molecule has 1 aliphatic heterocycles. The zero-order valence-corrected chi connectivity index (χ0v) is 19.2. The molecule has 0 amide bonds. The van der Waals surface area contributed by atoms with Crippen molar-refractivity contribution in [2.24, 2.45) is 5.92 Å². The van der Waals surface area contributed by atoms with Gasteiger partial charge in [-0.1, -0.05) is 31.4 Å². The number of nitrogens with zero attached hydrogens (tertiary/aromatic N) is 2. The number of ketones is 1. The number of thiophene rings is 1. The molecule has 0 atom stereocenters. The molecule has 0 spiro atoms. The third kappa shape index (κ3) is 4.15. The van der Waals surface area contributed by atoms with Crippen molar-refractivity contribution in [1.29, 1.82) is 0 Å². The van der Waals surface area contributed by atoms with Crippen LogP contribution < -0.4 is 0 Å². The Balaban J connectivity index is 0.00000205. The summed E-state index contributed by atoms with van der Waals surface area (Å²) >= 11 is 3.64. The molecule has 3 nitrogen and oxygen atoms in total. The maximum absolute atomic E-state index is 13.1. The summed E-state index contributed by atoms with van der Waals surface area (Å²) in [6.07, 6.45) is 7.55. The Hall–Kier alpha value is -1.27. The quantitative estimate of drug-likeness (QED) is 0.483. The van der Waals surface area contributed by atoms with E-state index in [-0.39, 0.29) is 18.3 Å². The minimum Gasteiger partial charge on any atom is -0.301 e. The molecule has 0 saturated heterocycles. The van der Waals surface area contributed by atoms with Gasteiger partial charge in [0.25, 0.3) is 0 Å². The van der Waals surface area contributed by atoms with E-state index in [1.165, 1.54) is 44.8 Å². The lowest BCUT2D eigenvalue weighted by atomic mass is 9.84. The highest BCUT2D eigenvalue weighted by Crippen LogP contribution is 2.43. The van der Waals surface area contributed by atoms with Gasteiger partial charge in [-0.3, -0.25) is 4.79 Å². The second-order valence-electron chi connectivity index (χ2n) is 8.25. The van der Waals surface area contributed by atoms with E-state index in [9.17, 15) is 4.79 Å². The molecule has 1 saturated carbocycles. The molecular formula is C23H27ClN2OS2. The molecule has 1 aliphatic carbocycles. The minimum absolute atomic E-state index is 0. The molecule has 0 N–H and O–H groups in total. The lowest BCUT2D eigenvalue weighted by Gasteiger charge is -2.22. The van der Waals surface area contributed by atoms with Gasteiger partial charge >= 0.3 is 0 Å². The third-order valence-electron chi connectivity index (χ3n) is 6.22. The van der Waals surface area contributed by atoms with Crippen LogP contribution in [0.15, 0.2) is 24.3 Å². The van der Waals surface area contributed by atoms with Gasteiger partial charge in [-0.25, -0.2) is 4.98 Å². The summed E-state index contributed by atoms with van der Waals surface area (Å²) in [5.74, 6) is 0.729. The summed E-state index contributed by atoms with van der Waals surface area (Å²) in [7, 11) is 2.19. The van der Waals surface area contributed by atoms with Crippen molar-refractivity contribution in [2.75, 3.05) is 13.6 Å². The highest BCUT2D eigenvalue weighted by molar-refractivity contribution is 7.22. The van der Waals surface area contributed by atoms with Crippen LogP contribution in [0.3, 0.4) is 0 Å². The average Bonchev–Trinajstić information content (AvgIpc) is 3.28. The van der Waals surface area contributed by atoms with Gasteiger partial charge < -0.3 is 4.90 Å². The Morgan fingerprint density at radius 3 is 2.76 bits per heavy atom. The molecule has 1 fully saturated rings. The summed E-state index contributed by atoms with van der Waals surface area (Å²) in [6.45, 7) is 2.08. The number of Topliss-reactive ketones (excluding diaryl/α,β-unsaturated/α-hetero) is 1. The van der Waals surface area contributed by atoms with E-state index in [1.54, 1.807) is 11.3 Å². The molecule has 154 valence electrons. The van der Waals surface area contributed by atoms with Gasteiger partial charge in [0, 0.05) is 40.7 Å². The normalized spacial score (nSPS) is 17.8. The van der Waals surface area contributed by atoms with Gasteiger partial charge in [-0.2, -0.15) is 0 Å². The van der Waals surface area contributed by atoms with Crippen LogP contribution in [-0.2, 0) is 24.2 Å². The highest BCUT2D eigenvalue weighted by Gasteiger charge is 2.28. The summed E-state index contributed by atoms with van der Waals surface area (Å²) in [5.41, 5.74) is 3.81. The van der Waals surface area contributed by atoms with Crippen molar-refractivity contribution < 1.29 is 4.79 Å². The summed E-state index contributed by atoms with van der Waals surface area (Å²) in [5, 5.41) is 1.11. The molecule has 29 heavy (non-hydrogen) atoms. The average molecular weight is 447 g/mol. The molecule has 2 aromatic heterocycles. The maximum atomic E-state index is 13.1. The predicted octanol–water partition coefficient (Wildman–Crippen LogP) is 6.13. The monoisotopic (exact) mass is 446 g/mol. The molecule has 0 bridgehead atoms. The largest absolute Gasteiger partial charge is 0.301 e. The number of benzene rings is 1. The number of fused-ring (bicyclic) bond motifs is 2. The first kappa shape index (κ1) is 21.0. The zero-order chi connectivity index (χ0) is 19.1. The van der Waals surface area contributed by atoms with Crippen molar-refractivity contribution in [3.63, 3.8) is 0 Å². The number of para-hydroxylation sites is 1. The van der Waals surface area contributed by atoms with Crippen molar-refractivity contribution in [3.05, 3.63) is 39.6 Å². The van der Waals surface area contributed by atoms with Crippen LogP contribution in [0, 0.1) is 5.92 Å². The van der Waals surface area contributed by atoms with Crippen molar-refractivity contribution >= 4 is 51.1 Å². The number of aromatic nitrogens is 1. The van der Waals surface area contributed by atoms with Gasteiger partial charge in [0.15, 0.2) is 0 Å². The standard InChI is InChI=1S/C23H26N2OS2.ClH/c1-25-12-11-16-21(14-25)27-20(13-18(26)15-7-3-2-4-8-15)22(16)23-24-17-9-5-6-10-19(17)28-23;/h5-6,9-10,15H,2-4,7-8,11-14H2,1H3;1H. The second kappa shape index (κ2) is 8.84. The number of hydrogen-bond donors (Lipinski definition) is 0.